The number of carbonyl (C=O) groups is 2. The fourth-order valence-electron chi connectivity index (χ4n) is 6.04. The first-order chi connectivity index (χ1) is 26.4. The Hall–Kier alpha value is -6.34. The minimum Gasteiger partial charge on any atom is -0.474 e. The Balaban J connectivity index is 0.000000188. The number of nitrogen functional groups attached to an aromatic ring is 2. The van der Waals surface area contributed by atoms with Gasteiger partial charge in [-0.05, 0) is 98.5 Å². The van der Waals surface area contributed by atoms with Gasteiger partial charge in [0.1, 0.15) is 0 Å². The van der Waals surface area contributed by atoms with Crippen LogP contribution in [0, 0.1) is 0 Å². The monoisotopic (exact) mass is 742 g/mol. The normalized spacial score (nSPS) is 12.8. The van der Waals surface area contributed by atoms with E-state index < -0.39 is 0 Å². The lowest BCUT2D eigenvalue weighted by Gasteiger charge is -2.26. The molecule has 2 aromatic heterocycles. The van der Waals surface area contributed by atoms with Crippen LogP contribution in [0.5, 0.6) is 11.8 Å². The van der Waals surface area contributed by atoms with E-state index in [1.165, 1.54) is 0 Å². The van der Waals surface area contributed by atoms with Gasteiger partial charge in [-0.2, -0.15) is 9.97 Å². The smallest absolute Gasteiger partial charge is 0.254 e. The van der Waals surface area contributed by atoms with Crippen molar-refractivity contribution in [2.45, 2.75) is 39.9 Å². The third-order valence-electron chi connectivity index (χ3n) is 8.69. The predicted molar refractivity (Wildman–Crippen MR) is 215 cm³/mol. The summed E-state index contributed by atoms with van der Waals surface area (Å²) in [5.74, 6) is 1.34. The van der Waals surface area contributed by atoms with Crippen LogP contribution in [0.25, 0.3) is 44.1 Å². The van der Waals surface area contributed by atoms with E-state index in [9.17, 15) is 9.59 Å². The molecular formula is C42H46N8O5. The van der Waals surface area contributed by atoms with E-state index >= 15 is 0 Å². The third-order valence-corrected chi connectivity index (χ3v) is 8.69. The van der Waals surface area contributed by atoms with Crippen LogP contribution in [0.1, 0.15) is 48.4 Å². The molecule has 1 fully saturated rings. The predicted octanol–water partition coefficient (Wildman–Crippen LogP) is 6.51. The van der Waals surface area contributed by atoms with Gasteiger partial charge in [-0.3, -0.25) is 9.59 Å². The molecule has 13 heteroatoms. The lowest BCUT2D eigenvalue weighted by molar-refractivity contribution is 0.0303. The lowest BCUT2D eigenvalue weighted by Crippen LogP contribution is -2.40. The Kier molecular flexibility index (Phi) is 11.7. The Morgan fingerprint density at radius 2 is 1.05 bits per heavy atom. The van der Waals surface area contributed by atoms with Gasteiger partial charge in [0.2, 0.25) is 23.7 Å². The molecule has 0 atom stereocenters. The quantitative estimate of drug-likeness (QED) is 0.174. The summed E-state index contributed by atoms with van der Waals surface area (Å²) in [4.78, 5) is 45.1. The second kappa shape index (κ2) is 16.8. The van der Waals surface area contributed by atoms with Crippen LogP contribution >= 0.6 is 0 Å². The molecule has 0 radical (unpaired) electrons. The van der Waals surface area contributed by atoms with Gasteiger partial charge in [0.25, 0.3) is 11.8 Å². The Bertz CT molecular complexity index is 2310. The van der Waals surface area contributed by atoms with Gasteiger partial charge in [-0.1, -0.05) is 36.4 Å². The maximum atomic E-state index is 12.6. The summed E-state index contributed by atoms with van der Waals surface area (Å²) < 4.78 is 16.9. The van der Waals surface area contributed by atoms with Crippen LogP contribution in [0.2, 0.25) is 0 Å². The summed E-state index contributed by atoms with van der Waals surface area (Å²) in [6.45, 7) is 10.2. The van der Waals surface area contributed by atoms with Gasteiger partial charge in [0.15, 0.2) is 0 Å². The maximum absolute atomic E-state index is 12.6. The number of hydrogen-bond donors (Lipinski definition) is 2. The molecule has 3 heterocycles. The van der Waals surface area contributed by atoms with Crippen LogP contribution < -0.4 is 20.9 Å². The molecule has 1 aliphatic heterocycles. The molecule has 13 nitrogen and oxygen atoms in total. The molecule has 1 aliphatic rings. The van der Waals surface area contributed by atoms with Crippen LogP contribution in [-0.2, 0) is 4.74 Å². The molecule has 1 saturated heterocycles. The van der Waals surface area contributed by atoms with Gasteiger partial charge >= 0.3 is 0 Å². The molecule has 0 spiro atoms. The molecule has 0 bridgehead atoms. The maximum Gasteiger partial charge on any atom is 0.254 e. The van der Waals surface area contributed by atoms with E-state index in [0.29, 0.717) is 49.2 Å². The van der Waals surface area contributed by atoms with Crippen molar-refractivity contribution >= 4 is 45.5 Å². The van der Waals surface area contributed by atoms with Crippen molar-refractivity contribution < 1.29 is 23.8 Å². The van der Waals surface area contributed by atoms with Crippen LogP contribution in [0.15, 0.2) is 84.9 Å². The summed E-state index contributed by atoms with van der Waals surface area (Å²) in [5, 5.41) is 1.61. The minimum absolute atomic E-state index is 0.0208. The standard InChI is InChI=1S/C22H24N4O3.C20H22N4O2/c1-14(2)29-20-18-13-17(7-8-19(18)24-22(23)25-20)15-3-5-16(6-4-15)21(27)26-9-11-28-12-10-26;1-12(2)26-18-16-11-15(9-10-17(16)22-20(21)23-18)13-5-7-14(8-6-13)19(25)24(3)4/h3-8,13-14H,9-12H2,1-2H3,(H2,23,24,25);5-12H,1-4H3,(H2,21,22,23). The number of aromatic nitrogens is 4. The molecule has 0 saturated carbocycles. The first-order valence-electron chi connectivity index (χ1n) is 18.1. The van der Waals surface area contributed by atoms with Crippen molar-refractivity contribution in [1.29, 1.82) is 0 Å². The number of rotatable bonds is 8. The average Bonchev–Trinajstić information content (AvgIpc) is 3.17. The van der Waals surface area contributed by atoms with Crippen molar-refractivity contribution in [1.82, 2.24) is 29.7 Å². The van der Waals surface area contributed by atoms with Gasteiger partial charge in [-0.25, -0.2) is 9.97 Å². The van der Waals surface area contributed by atoms with E-state index in [-0.39, 0.29) is 35.9 Å². The highest BCUT2D eigenvalue weighted by Crippen LogP contribution is 2.31. The molecule has 2 amide bonds. The molecule has 4 N–H and O–H groups in total. The number of ether oxygens (including phenoxy) is 3. The Morgan fingerprint density at radius 1 is 0.636 bits per heavy atom. The summed E-state index contributed by atoms with van der Waals surface area (Å²) in [5.41, 5.74) is 18.4. The van der Waals surface area contributed by atoms with Crippen LogP contribution in [-0.4, -0.2) is 94.2 Å². The zero-order valence-corrected chi connectivity index (χ0v) is 31.9. The van der Waals surface area contributed by atoms with Crippen LogP contribution in [0.4, 0.5) is 11.9 Å². The fourth-order valence-corrected chi connectivity index (χ4v) is 6.04. The summed E-state index contributed by atoms with van der Waals surface area (Å²) in [7, 11) is 3.48. The average molecular weight is 743 g/mol. The molecule has 284 valence electrons. The highest BCUT2D eigenvalue weighted by molar-refractivity contribution is 5.96. The number of anilines is 2. The van der Waals surface area contributed by atoms with Crippen molar-refractivity contribution in [3.8, 4) is 34.0 Å². The van der Waals surface area contributed by atoms with Crippen molar-refractivity contribution in [2.24, 2.45) is 0 Å². The zero-order chi connectivity index (χ0) is 39.2. The number of amides is 2. The number of nitrogens with two attached hydrogens (primary N) is 2. The third kappa shape index (κ3) is 9.25. The van der Waals surface area contributed by atoms with E-state index in [0.717, 1.165) is 44.1 Å². The number of fused-ring (bicyclic) bond motifs is 2. The van der Waals surface area contributed by atoms with Gasteiger partial charge in [0, 0.05) is 38.3 Å². The summed E-state index contributed by atoms with van der Waals surface area (Å²) >= 11 is 0. The lowest BCUT2D eigenvalue weighted by atomic mass is 10.0. The van der Waals surface area contributed by atoms with Crippen LogP contribution in [0.3, 0.4) is 0 Å². The summed E-state index contributed by atoms with van der Waals surface area (Å²) in [6.07, 6.45) is -0.0471. The fraction of sp³-hybridized carbons (Fsp3) is 0.286. The molecular weight excluding hydrogens is 697 g/mol. The van der Waals surface area contributed by atoms with Crippen molar-refractivity contribution in [2.75, 3.05) is 51.9 Å². The first-order valence-corrected chi connectivity index (χ1v) is 18.1. The molecule has 0 aliphatic carbocycles. The zero-order valence-electron chi connectivity index (χ0n) is 31.9. The Morgan fingerprint density at radius 3 is 1.47 bits per heavy atom. The number of hydrogen-bond acceptors (Lipinski definition) is 11. The molecule has 7 rings (SSSR count). The SMILES string of the molecule is CC(C)Oc1nc(N)nc2ccc(-c3ccc(C(=O)N(C)C)cc3)cc12.CC(C)Oc1nc(N)nc2ccc(-c3ccc(C(=O)N4CCOCC4)cc3)cc12. The van der Waals surface area contributed by atoms with Gasteiger partial charge in [0.05, 0.1) is 47.2 Å². The molecule has 0 unspecified atom stereocenters. The largest absolute Gasteiger partial charge is 0.474 e. The number of benzene rings is 4. The topological polar surface area (TPSA) is 172 Å². The molecule has 55 heavy (non-hydrogen) atoms. The van der Waals surface area contributed by atoms with E-state index in [4.69, 9.17) is 25.7 Å². The van der Waals surface area contributed by atoms with E-state index in [1.807, 2.05) is 118 Å². The number of nitrogens with zero attached hydrogens (tertiary/aromatic N) is 6. The second-order valence-corrected chi connectivity index (χ2v) is 13.8. The number of carbonyl (C=O) groups excluding carboxylic acids is 2. The molecule has 4 aromatic carbocycles. The van der Waals surface area contributed by atoms with Crippen molar-refractivity contribution in [3.63, 3.8) is 0 Å². The summed E-state index contributed by atoms with van der Waals surface area (Å²) in [6, 6.07) is 26.9. The van der Waals surface area contributed by atoms with E-state index in [1.54, 1.807) is 19.0 Å². The first kappa shape index (κ1) is 38.4. The van der Waals surface area contributed by atoms with Crippen molar-refractivity contribution in [3.05, 3.63) is 96.1 Å². The minimum atomic E-state index is -0.0263. The highest BCUT2D eigenvalue weighted by atomic mass is 16.5. The number of morpholine rings is 1. The highest BCUT2D eigenvalue weighted by Gasteiger charge is 2.19. The van der Waals surface area contributed by atoms with Gasteiger partial charge < -0.3 is 35.5 Å². The molecule has 6 aromatic rings. The second-order valence-electron chi connectivity index (χ2n) is 13.8. The Labute approximate surface area is 320 Å². The van der Waals surface area contributed by atoms with E-state index in [2.05, 4.69) is 19.9 Å². The van der Waals surface area contributed by atoms with Gasteiger partial charge in [-0.15, -0.1) is 0 Å².